The number of anilines is 1. The van der Waals surface area contributed by atoms with Gasteiger partial charge in [0.05, 0.1) is 0 Å². The summed E-state index contributed by atoms with van der Waals surface area (Å²) in [5.41, 5.74) is 2.60. The zero-order valence-electron chi connectivity index (χ0n) is 18.2. The molecule has 1 aliphatic carbocycles. The fraction of sp³-hybridized carbons (Fsp3) is 0.522. The lowest BCUT2D eigenvalue weighted by molar-refractivity contribution is 0.0951. The number of benzene rings is 1. The minimum Gasteiger partial charge on any atom is -0.368 e. The second-order valence-corrected chi connectivity index (χ2v) is 8.40. The topological polar surface area (TPSA) is 70.1 Å². The van der Waals surface area contributed by atoms with Gasteiger partial charge in [-0.3, -0.25) is 9.69 Å². The minimum absolute atomic E-state index is 0.00825. The molecule has 29 heavy (non-hydrogen) atoms. The molecule has 6 heteroatoms. The van der Waals surface area contributed by atoms with Crippen LogP contribution in [0.2, 0.25) is 0 Å². The number of nitrogens with one attached hydrogen (secondary N) is 2. The van der Waals surface area contributed by atoms with Gasteiger partial charge in [-0.25, -0.2) is 9.97 Å². The third-order valence-corrected chi connectivity index (χ3v) is 5.28. The number of hydrogen-bond donors (Lipinski definition) is 2. The first-order valence-electron chi connectivity index (χ1n) is 10.6. The Labute approximate surface area is 174 Å². The summed E-state index contributed by atoms with van der Waals surface area (Å²) in [5, 5.41) is 6.47. The molecule has 0 saturated heterocycles. The van der Waals surface area contributed by atoms with Gasteiger partial charge >= 0.3 is 0 Å². The Morgan fingerprint density at radius 3 is 2.38 bits per heavy atom. The van der Waals surface area contributed by atoms with E-state index in [1.165, 1.54) is 0 Å². The highest BCUT2D eigenvalue weighted by molar-refractivity contribution is 5.95. The van der Waals surface area contributed by atoms with Gasteiger partial charge in [0.1, 0.15) is 5.82 Å². The molecule has 6 nitrogen and oxygen atoms in total. The number of aromatic nitrogens is 2. The summed E-state index contributed by atoms with van der Waals surface area (Å²) in [6.45, 7) is 12.7. The van der Waals surface area contributed by atoms with E-state index in [4.69, 9.17) is 4.98 Å². The van der Waals surface area contributed by atoms with E-state index in [0.717, 1.165) is 42.9 Å². The summed E-state index contributed by atoms with van der Waals surface area (Å²) in [4.78, 5) is 23.8. The van der Waals surface area contributed by atoms with Gasteiger partial charge in [0.15, 0.2) is 5.82 Å². The van der Waals surface area contributed by atoms with Crippen LogP contribution in [0.3, 0.4) is 0 Å². The summed E-state index contributed by atoms with van der Waals surface area (Å²) >= 11 is 0. The van der Waals surface area contributed by atoms with Crippen LogP contribution in [0, 0.1) is 6.92 Å². The van der Waals surface area contributed by atoms with Crippen LogP contribution in [-0.4, -0.2) is 52.0 Å². The van der Waals surface area contributed by atoms with Crippen LogP contribution in [0.4, 0.5) is 5.82 Å². The summed E-state index contributed by atoms with van der Waals surface area (Å²) in [6.07, 6.45) is 4.02. The molecule has 3 rings (SSSR count). The van der Waals surface area contributed by atoms with Crippen LogP contribution in [0.15, 0.2) is 30.5 Å². The standard InChI is InChI=1S/C23H33N5O/c1-15(2)28(16(3)4)13-12-24-21-17(5)14-25-22(27-21)18-6-8-19(9-7-18)23(29)26-20-10-11-20/h6-9,14-16,20H,10-13H2,1-5H3,(H,26,29)(H,24,25,27). The first kappa shape index (κ1) is 21.2. The monoisotopic (exact) mass is 395 g/mol. The molecule has 0 unspecified atom stereocenters. The smallest absolute Gasteiger partial charge is 0.251 e. The molecule has 1 aliphatic rings. The normalized spacial score (nSPS) is 13.9. The van der Waals surface area contributed by atoms with Crippen LogP contribution in [0.5, 0.6) is 0 Å². The zero-order chi connectivity index (χ0) is 21.0. The molecule has 0 bridgehead atoms. The third kappa shape index (κ3) is 5.76. The van der Waals surface area contributed by atoms with E-state index in [1.54, 1.807) is 0 Å². The third-order valence-electron chi connectivity index (χ3n) is 5.28. The van der Waals surface area contributed by atoms with Gasteiger partial charge in [-0.15, -0.1) is 0 Å². The minimum atomic E-state index is -0.00825. The highest BCUT2D eigenvalue weighted by atomic mass is 16.1. The molecular formula is C23H33N5O. The van der Waals surface area contributed by atoms with Crippen molar-refractivity contribution in [2.45, 2.75) is 65.6 Å². The quantitative estimate of drug-likeness (QED) is 0.674. The van der Waals surface area contributed by atoms with Crippen molar-refractivity contribution in [1.82, 2.24) is 20.2 Å². The van der Waals surface area contributed by atoms with E-state index in [2.05, 4.69) is 48.2 Å². The van der Waals surface area contributed by atoms with Crippen LogP contribution in [0.25, 0.3) is 11.4 Å². The second kappa shape index (κ2) is 9.35. The maximum absolute atomic E-state index is 12.2. The lowest BCUT2D eigenvalue weighted by Crippen LogP contribution is -2.40. The molecule has 1 saturated carbocycles. The predicted molar refractivity (Wildman–Crippen MR) is 118 cm³/mol. The fourth-order valence-electron chi connectivity index (χ4n) is 3.44. The SMILES string of the molecule is Cc1cnc(-c2ccc(C(=O)NC3CC3)cc2)nc1NCCN(C(C)C)C(C)C. The Kier molecular flexibility index (Phi) is 6.85. The van der Waals surface area contributed by atoms with E-state index >= 15 is 0 Å². The molecule has 1 amide bonds. The number of rotatable bonds is 9. The second-order valence-electron chi connectivity index (χ2n) is 8.40. The first-order valence-corrected chi connectivity index (χ1v) is 10.6. The Morgan fingerprint density at radius 2 is 1.79 bits per heavy atom. The molecule has 2 aromatic rings. The van der Waals surface area contributed by atoms with Crippen molar-refractivity contribution in [1.29, 1.82) is 0 Å². The molecule has 2 N–H and O–H groups in total. The summed E-state index contributed by atoms with van der Waals surface area (Å²) in [5.74, 6) is 1.51. The van der Waals surface area contributed by atoms with E-state index in [9.17, 15) is 4.79 Å². The van der Waals surface area contributed by atoms with Crippen molar-refractivity contribution in [3.05, 3.63) is 41.6 Å². The van der Waals surface area contributed by atoms with Crippen LogP contribution in [0.1, 0.15) is 56.5 Å². The van der Waals surface area contributed by atoms with Gasteiger partial charge in [-0.2, -0.15) is 0 Å². The molecule has 1 heterocycles. The number of aryl methyl sites for hydroxylation is 1. The predicted octanol–water partition coefficient (Wildman–Crippen LogP) is 3.87. The fourth-order valence-corrected chi connectivity index (χ4v) is 3.44. The molecule has 1 aromatic carbocycles. The molecular weight excluding hydrogens is 362 g/mol. The maximum atomic E-state index is 12.2. The average molecular weight is 396 g/mol. The Balaban J connectivity index is 1.65. The Bertz CT molecular complexity index is 820. The van der Waals surface area contributed by atoms with E-state index in [1.807, 2.05) is 37.4 Å². The number of amides is 1. The lowest BCUT2D eigenvalue weighted by Gasteiger charge is -2.30. The maximum Gasteiger partial charge on any atom is 0.251 e. The average Bonchev–Trinajstić information content (AvgIpc) is 3.50. The molecule has 0 aliphatic heterocycles. The Morgan fingerprint density at radius 1 is 1.14 bits per heavy atom. The molecule has 0 atom stereocenters. The summed E-state index contributed by atoms with van der Waals surface area (Å²) < 4.78 is 0. The Hall–Kier alpha value is -2.47. The molecule has 0 spiro atoms. The largest absolute Gasteiger partial charge is 0.368 e. The summed E-state index contributed by atoms with van der Waals surface area (Å²) in [7, 11) is 0. The van der Waals surface area contributed by atoms with Crippen LogP contribution >= 0.6 is 0 Å². The van der Waals surface area contributed by atoms with Crippen molar-refractivity contribution in [2.24, 2.45) is 0 Å². The molecule has 156 valence electrons. The number of nitrogens with zero attached hydrogens (tertiary/aromatic N) is 3. The van der Waals surface area contributed by atoms with E-state index in [0.29, 0.717) is 29.5 Å². The van der Waals surface area contributed by atoms with Crippen molar-refractivity contribution < 1.29 is 4.79 Å². The molecule has 1 fully saturated rings. The van der Waals surface area contributed by atoms with E-state index in [-0.39, 0.29) is 5.91 Å². The van der Waals surface area contributed by atoms with Crippen molar-refractivity contribution in [2.75, 3.05) is 18.4 Å². The zero-order valence-corrected chi connectivity index (χ0v) is 18.2. The van der Waals surface area contributed by atoms with E-state index < -0.39 is 0 Å². The van der Waals surface area contributed by atoms with Gasteiger partial charge in [-0.1, -0.05) is 12.1 Å². The van der Waals surface area contributed by atoms with Crippen molar-refractivity contribution in [3.8, 4) is 11.4 Å². The van der Waals surface area contributed by atoms with Gasteiger partial charge in [0, 0.05) is 54.1 Å². The van der Waals surface area contributed by atoms with Gasteiger partial charge in [-0.05, 0) is 59.6 Å². The van der Waals surface area contributed by atoms with Crippen molar-refractivity contribution in [3.63, 3.8) is 0 Å². The number of carbonyl (C=O) groups excluding carboxylic acids is 1. The van der Waals surface area contributed by atoms with Crippen LogP contribution < -0.4 is 10.6 Å². The number of hydrogen-bond acceptors (Lipinski definition) is 5. The lowest BCUT2D eigenvalue weighted by atomic mass is 10.1. The van der Waals surface area contributed by atoms with Gasteiger partial charge in [0.2, 0.25) is 0 Å². The van der Waals surface area contributed by atoms with Crippen LogP contribution in [-0.2, 0) is 0 Å². The van der Waals surface area contributed by atoms with Gasteiger partial charge < -0.3 is 10.6 Å². The van der Waals surface area contributed by atoms with Gasteiger partial charge in [0.25, 0.3) is 5.91 Å². The highest BCUT2D eigenvalue weighted by Gasteiger charge is 2.23. The molecule has 0 radical (unpaired) electrons. The molecule has 1 aromatic heterocycles. The first-order chi connectivity index (χ1) is 13.8. The highest BCUT2D eigenvalue weighted by Crippen LogP contribution is 2.21. The van der Waals surface area contributed by atoms with Crippen molar-refractivity contribution >= 4 is 11.7 Å². The summed E-state index contributed by atoms with van der Waals surface area (Å²) in [6, 6.07) is 8.88. The number of carbonyl (C=O) groups is 1.